The molecule has 1 N–H and O–H groups in total. The minimum absolute atomic E-state index is 0.120. The fourth-order valence-corrected chi connectivity index (χ4v) is 2.45. The zero-order valence-electron chi connectivity index (χ0n) is 14.9. The van der Waals surface area contributed by atoms with E-state index in [-0.39, 0.29) is 23.8 Å². The number of carbonyl (C=O) groups excluding carboxylic acids is 2. The van der Waals surface area contributed by atoms with Gasteiger partial charge in [-0.15, -0.1) is 0 Å². The molecular formula is C19H16N4O5. The zero-order chi connectivity index (χ0) is 20.1. The number of nitrogens with one attached hydrogen (secondary N) is 1. The first kappa shape index (κ1) is 18.8. The number of rotatable bonds is 7. The number of imidazole rings is 1. The Balaban J connectivity index is 1.57. The number of hydrogen-bond donors (Lipinski definition) is 1. The van der Waals surface area contributed by atoms with Crippen LogP contribution in [0.15, 0.2) is 60.9 Å². The maximum absolute atomic E-state index is 12.4. The Hall–Kier alpha value is -4.01. The third-order valence-corrected chi connectivity index (χ3v) is 3.85. The van der Waals surface area contributed by atoms with E-state index in [2.05, 4.69) is 10.3 Å². The van der Waals surface area contributed by atoms with Crippen LogP contribution < -0.4 is 10.1 Å². The second kappa shape index (κ2) is 8.12. The molecular weight excluding hydrogens is 364 g/mol. The Labute approximate surface area is 159 Å². The summed E-state index contributed by atoms with van der Waals surface area (Å²) in [7, 11) is 1.73. The number of hydrogen-bond acceptors (Lipinski definition) is 6. The normalized spacial score (nSPS) is 10.3. The monoisotopic (exact) mass is 380 g/mol. The van der Waals surface area contributed by atoms with Gasteiger partial charge in [-0.1, -0.05) is 6.07 Å². The van der Waals surface area contributed by atoms with Crippen molar-refractivity contribution in [2.45, 2.75) is 0 Å². The van der Waals surface area contributed by atoms with Gasteiger partial charge >= 0.3 is 0 Å². The molecule has 1 amide bonds. The number of nitro benzene ring substituents is 1. The second-order valence-corrected chi connectivity index (χ2v) is 5.86. The fraction of sp³-hybridized carbons (Fsp3) is 0.105. The fourth-order valence-electron chi connectivity index (χ4n) is 2.45. The van der Waals surface area contributed by atoms with Gasteiger partial charge in [0.2, 0.25) is 5.78 Å². The first-order valence-corrected chi connectivity index (χ1v) is 8.23. The highest BCUT2D eigenvalue weighted by Crippen LogP contribution is 2.19. The van der Waals surface area contributed by atoms with Crippen molar-refractivity contribution < 1.29 is 19.2 Å². The number of carbonyl (C=O) groups is 2. The number of aryl methyl sites for hydroxylation is 1. The third kappa shape index (κ3) is 4.39. The van der Waals surface area contributed by atoms with Gasteiger partial charge in [-0.2, -0.15) is 0 Å². The molecule has 28 heavy (non-hydrogen) atoms. The van der Waals surface area contributed by atoms with Crippen LogP contribution in [-0.2, 0) is 11.8 Å². The lowest BCUT2D eigenvalue weighted by molar-refractivity contribution is -0.384. The summed E-state index contributed by atoms with van der Waals surface area (Å²) in [5, 5.41) is 13.4. The maximum atomic E-state index is 12.4. The Morgan fingerprint density at radius 1 is 1.21 bits per heavy atom. The first-order chi connectivity index (χ1) is 13.4. The minimum atomic E-state index is -0.541. The highest BCUT2D eigenvalue weighted by Gasteiger charge is 2.14. The van der Waals surface area contributed by atoms with Crippen LogP contribution in [0.1, 0.15) is 16.2 Å². The molecule has 3 aromatic rings. The lowest BCUT2D eigenvalue weighted by atomic mass is 10.1. The van der Waals surface area contributed by atoms with Crippen molar-refractivity contribution in [3.05, 3.63) is 82.4 Å². The van der Waals surface area contributed by atoms with Gasteiger partial charge in [-0.25, -0.2) is 4.98 Å². The topological polar surface area (TPSA) is 116 Å². The maximum Gasteiger partial charge on any atom is 0.273 e. The minimum Gasteiger partial charge on any atom is -0.484 e. The lowest BCUT2D eigenvalue weighted by Gasteiger charge is -2.08. The molecule has 1 heterocycles. The molecule has 9 heteroatoms. The summed E-state index contributed by atoms with van der Waals surface area (Å²) in [4.78, 5) is 38.6. The van der Waals surface area contributed by atoms with Gasteiger partial charge in [0.25, 0.3) is 11.6 Å². The predicted octanol–water partition coefficient (Wildman–Crippen LogP) is 2.58. The molecule has 0 bridgehead atoms. The van der Waals surface area contributed by atoms with Gasteiger partial charge in [-0.05, 0) is 30.3 Å². The van der Waals surface area contributed by atoms with E-state index in [1.165, 1.54) is 24.3 Å². The van der Waals surface area contributed by atoms with E-state index in [0.717, 1.165) is 0 Å². The van der Waals surface area contributed by atoms with Gasteiger partial charge in [-0.3, -0.25) is 19.7 Å². The second-order valence-electron chi connectivity index (χ2n) is 5.86. The molecule has 0 aliphatic rings. The number of nitrogens with zero attached hydrogens (tertiary/aromatic N) is 3. The number of non-ortho nitro benzene ring substituents is 1. The number of amides is 1. The molecule has 0 saturated heterocycles. The van der Waals surface area contributed by atoms with Crippen molar-refractivity contribution >= 4 is 23.1 Å². The van der Waals surface area contributed by atoms with Crippen molar-refractivity contribution in [3.8, 4) is 5.75 Å². The third-order valence-electron chi connectivity index (χ3n) is 3.85. The smallest absolute Gasteiger partial charge is 0.273 e. The molecule has 0 saturated carbocycles. The van der Waals surface area contributed by atoms with Gasteiger partial charge < -0.3 is 14.6 Å². The first-order valence-electron chi connectivity index (χ1n) is 8.23. The lowest BCUT2D eigenvalue weighted by Crippen LogP contribution is -2.20. The van der Waals surface area contributed by atoms with Gasteiger partial charge in [0, 0.05) is 36.8 Å². The van der Waals surface area contributed by atoms with Crippen molar-refractivity contribution in [1.29, 1.82) is 0 Å². The van der Waals surface area contributed by atoms with Gasteiger partial charge in [0.05, 0.1) is 11.0 Å². The number of nitro groups is 1. The van der Waals surface area contributed by atoms with Crippen molar-refractivity contribution in [1.82, 2.24) is 9.55 Å². The summed E-state index contributed by atoms with van der Waals surface area (Å²) in [6.07, 6.45) is 3.23. The van der Waals surface area contributed by atoms with Crippen LogP contribution in [0.25, 0.3) is 0 Å². The Morgan fingerprint density at radius 2 is 1.96 bits per heavy atom. The Kier molecular flexibility index (Phi) is 5.45. The Morgan fingerprint density at radius 3 is 2.61 bits per heavy atom. The van der Waals surface area contributed by atoms with Crippen LogP contribution in [0.3, 0.4) is 0 Å². The van der Waals surface area contributed by atoms with Gasteiger partial charge in [0.15, 0.2) is 12.4 Å². The highest BCUT2D eigenvalue weighted by atomic mass is 16.6. The number of aromatic nitrogens is 2. The van der Waals surface area contributed by atoms with Crippen LogP contribution in [0.4, 0.5) is 11.4 Å². The summed E-state index contributed by atoms with van der Waals surface area (Å²) in [6.45, 7) is -0.310. The predicted molar refractivity (Wildman–Crippen MR) is 100 cm³/mol. The molecule has 2 aromatic carbocycles. The summed E-state index contributed by atoms with van der Waals surface area (Å²) in [5.41, 5.74) is 0.815. The molecule has 3 rings (SSSR count). The van der Waals surface area contributed by atoms with Crippen LogP contribution in [0, 0.1) is 10.1 Å². The van der Waals surface area contributed by atoms with Crippen LogP contribution in [0.5, 0.6) is 5.75 Å². The number of benzene rings is 2. The molecule has 9 nitrogen and oxygen atoms in total. The van der Waals surface area contributed by atoms with Crippen LogP contribution >= 0.6 is 0 Å². The summed E-state index contributed by atoms with van der Waals surface area (Å²) >= 11 is 0. The summed E-state index contributed by atoms with van der Waals surface area (Å²) in [6, 6.07) is 12.0. The molecule has 0 fully saturated rings. The number of ketones is 1. The van der Waals surface area contributed by atoms with E-state index < -0.39 is 10.8 Å². The Bertz CT molecular complexity index is 1030. The zero-order valence-corrected chi connectivity index (χ0v) is 14.9. The number of ether oxygens (including phenoxy) is 1. The van der Waals surface area contributed by atoms with Crippen molar-refractivity contribution in [2.24, 2.45) is 7.05 Å². The summed E-state index contributed by atoms with van der Waals surface area (Å²) < 4.78 is 6.90. The molecule has 0 aliphatic carbocycles. The molecule has 0 radical (unpaired) electrons. The standard InChI is InChI=1S/C19H16N4O5/c1-22-10-9-20-19(22)18(25)13-5-7-14(8-6-13)21-17(24)12-28-16-4-2-3-15(11-16)23(26)27/h2-11H,12H2,1H3,(H,21,24). The average Bonchev–Trinajstić information content (AvgIpc) is 3.12. The molecule has 0 atom stereocenters. The van der Waals surface area contributed by atoms with E-state index in [1.807, 2.05) is 0 Å². The van der Waals surface area contributed by atoms with Gasteiger partial charge in [0.1, 0.15) is 5.75 Å². The largest absolute Gasteiger partial charge is 0.484 e. The molecule has 0 unspecified atom stereocenters. The average molecular weight is 380 g/mol. The molecule has 0 spiro atoms. The molecule has 0 aliphatic heterocycles. The van der Waals surface area contributed by atoms with Crippen LogP contribution in [0.2, 0.25) is 0 Å². The van der Waals surface area contributed by atoms with E-state index in [1.54, 1.807) is 48.3 Å². The van der Waals surface area contributed by atoms with E-state index in [9.17, 15) is 19.7 Å². The van der Waals surface area contributed by atoms with Crippen LogP contribution in [-0.4, -0.2) is 32.8 Å². The quantitative estimate of drug-likeness (QED) is 0.382. The SMILES string of the molecule is Cn1ccnc1C(=O)c1ccc(NC(=O)COc2cccc([N+](=O)[O-])c2)cc1. The molecule has 142 valence electrons. The highest BCUT2D eigenvalue weighted by molar-refractivity contribution is 6.07. The van der Waals surface area contributed by atoms with Crippen molar-refractivity contribution in [2.75, 3.05) is 11.9 Å². The van der Waals surface area contributed by atoms with E-state index in [0.29, 0.717) is 17.1 Å². The van der Waals surface area contributed by atoms with Crippen molar-refractivity contribution in [3.63, 3.8) is 0 Å². The number of anilines is 1. The van der Waals surface area contributed by atoms with E-state index in [4.69, 9.17) is 4.74 Å². The van der Waals surface area contributed by atoms with E-state index >= 15 is 0 Å². The summed E-state index contributed by atoms with van der Waals surface area (Å²) in [5.74, 6) is -0.114. The molecule has 1 aromatic heterocycles.